The molecule has 9 nitrogen and oxygen atoms in total. The molecule has 4 aromatic rings. The van der Waals surface area contributed by atoms with Crippen LogP contribution in [0.15, 0.2) is 77.2 Å². The summed E-state index contributed by atoms with van der Waals surface area (Å²) < 4.78 is 46.7. The van der Waals surface area contributed by atoms with E-state index >= 15 is 0 Å². The molecule has 1 heterocycles. The molecule has 1 N–H and O–H groups in total. The van der Waals surface area contributed by atoms with Gasteiger partial charge in [-0.3, -0.25) is 9.52 Å². The van der Waals surface area contributed by atoms with Gasteiger partial charge in [0.1, 0.15) is 18.1 Å². The first-order chi connectivity index (χ1) is 19.6. The van der Waals surface area contributed by atoms with Crippen LogP contribution >= 0.6 is 0 Å². The minimum Gasteiger partial charge on any atom is -0.493 e. The number of ether oxygens (including phenoxy) is 2. The first kappa shape index (κ1) is 29.8. The van der Waals surface area contributed by atoms with Crippen molar-refractivity contribution in [3.8, 4) is 17.2 Å². The number of benzene rings is 3. The monoisotopic (exact) mass is 577 g/mol. The number of carbonyl (C=O) groups excluding carboxylic acids is 1. The molecule has 41 heavy (non-hydrogen) atoms. The topological polar surface area (TPSA) is 111 Å². The normalized spacial score (nSPS) is 11.4. The Labute approximate surface area is 241 Å². The van der Waals surface area contributed by atoms with Gasteiger partial charge in [-0.1, -0.05) is 47.5 Å². The molecule has 0 spiro atoms. The Hall–Kier alpha value is -4.15. The van der Waals surface area contributed by atoms with Gasteiger partial charge >= 0.3 is 16.2 Å². The van der Waals surface area contributed by atoms with Crippen molar-refractivity contribution in [3.05, 3.63) is 101 Å². The number of carbonyl (C=O) groups is 1. The van der Waals surface area contributed by atoms with E-state index in [4.69, 9.17) is 13.9 Å². The highest BCUT2D eigenvalue weighted by Gasteiger charge is 2.26. The van der Waals surface area contributed by atoms with Gasteiger partial charge in [0.05, 0.1) is 18.9 Å². The number of rotatable bonds is 13. The van der Waals surface area contributed by atoms with E-state index in [0.29, 0.717) is 35.9 Å². The van der Waals surface area contributed by atoms with E-state index in [9.17, 15) is 13.2 Å². The van der Waals surface area contributed by atoms with E-state index < -0.39 is 22.7 Å². The Morgan fingerprint density at radius 2 is 1.56 bits per heavy atom. The van der Waals surface area contributed by atoms with Gasteiger partial charge in [-0.05, 0) is 69.7 Å². The number of aryl methyl sites for hydroxylation is 3. The summed E-state index contributed by atoms with van der Waals surface area (Å²) in [5, 5.41) is 0. The number of oxazole rings is 1. The van der Waals surface area contributed by atoms with Gasteiger partial charge in [-0.15, -0.1) is 0 Å². The molecular weight excluding hydrogens is 542 g/mol. The quantitative estimate of drug-likeness (QED) is 0.206. The van der Waals surface area contributed by atoms with Crippen molar-refractivity contribution in [2.75, 3.05) is 24.5 Å². The van der Waals surface area contributed by atoms with Crippen molar-refractivity contribution in [1.82, 2.24) is 9.29 Å². The SMILES string of the molecule is CCOC(=O)CN(Cc1ccc(OCCc2nc(-c3ccc(C)cc3)oc2C)cc1)S(=O)(=O)Nc1ccc(C)cc1. The van der Waals surface area contributed by atoms with E-state index in [1.165, 1.54) is 5.56 Å². The third-order valence-electron chi connectivity index (χ3n) is 6.33. The van der Waals surface area contributed by atoms with E-state index in [1.807, 2.05) is 45.0 Å². The first-order valence-electron chi connectivity index (χ1n) is 13.4. The maximum absolute atomic E-state index is 13.2. The number of nitrogens with one attached hydrogen (secondary N) is 1. The minimum atomic E-state index is -4.04. The second-order valence-electron chi connectivity index (χ2n) is 9.68. The fraction of sp³-hybridized carbons (Fsp3) is 0.290. The zero-order valence-electron chi connectivity index (χ0n) is 23.7. The summed E-state index contributed by atoms with van der Waals surface area (Å²) >= 11 is 0. The van der Waals surface area contributed by atoms with Crippen LogP contribution in [0.4, 0.5) is 5.69 Å². The molecule has 0 aliphatic heterocycles. The summed E-state index contributed by atoms with van der Waals surface area (Å²) in [4.78, 5) is 16.8. The maximum Gasteiger partial charge on any atom is 0.321 e. The van der Waals surface area contributed by atoms with Gasteiger partial charge in [0.15, 0.2) is 0 Å². The molecule has 0 radical (unpaired) electrons. The second kappa shape index (κ2) is 13.5. The summed E-state index contributed by atoms with van der Waals surface area (Å²) in [6.07, 6.45) is 0.569. The molecule has 4 rings (SSSR count). The number of aromatic nitrogens is 1. The van der Waals surface area contributed by atoms with Crippen LogP contribution in [0.3, 0.4) is 0 Å². The van der Waals surface area contributed by atoms with Crippen LogP contribution in [0.1, 0.15) is 35.1 Å². The number of anilines is 1. The molecule has 0 saturated carbocycles. The molecule has 0 amide bonds. The van der Waals surface area contributed by atoms with Gasteiger partial charge in [-0.25, -0.2) is 4.98 Å². The average molecular weight is 578 g/mol. The first-order valence-corrected chi connectivity index (χ1v) is 14.8. The van der Waals surface area contributed by atoms with Gasteiger partial charge in [0.25, 0.3) is 0 Å². The third kappa shape index (κ3) is 8.42. The van der Waals surface area contributed by atoms with Crippen LogP contribution < -0.4 is 9.46 Å². The minimum absolute atomic E-state index is 0.0276. The summed E-state index contributed by atoms with van der Waals surface area (Å²) in [6, 6.07) is 22.0. The van der Waals surface area contributed by atoms with Crippen molar-refractivity contribution in [3.63, 3.8) is 0 Å². The highest BCUT2D eigenvalue weighted by molar-refractivity contribution is 7.90. The molecule has 0 unspecified atom stereocenters. The molecular formula is C31H35N3O6S. The molecule has 10 heteroatoms. The fourth-order valence-corrected chi connectivity index (χ4v) is 5.21. The largest absolute Gasteiger partial charge is 0.493 e. The Morgan fingerprint density at radius 1 is 0.927 bits per heavy atom. The van der Waals surface area contributed by atoms with Gasteiger partial charge in [-0.2, -0.15) is 12.7 Å². The van der Waals surface area contributed by atoms with E-state index in [-0.39, 0.29) is 13.2 Å². The molecule has 3 aromatic carbocycles. The van der Waals surface area contributed by atoms with Crippen LogP contribution in [0.25, 0.3) is 11.5 Å². The molecule has 0 aliphatic carbocycles. The van der Waals surface area contributed by atoms with Crippen molar-refractivity contribution in [2.45, 2.75) is 40.7 Å². The van der Waals surface area contributed by atoms with Gasteiger partial charge in [0, 0.05) is 24.2 Å². The maximum atomic E-state index is 13.2. The van der Waals surface area contributed by atoms with Crippen molar-refractivity contribution in [1.29, 1.82) is 0 Å². The third-order valence-corrected chi connectivity index (χ3v) is 7.76. The van der Waals surface area contributed by atoms with Crippen molar-refractivity contribution >= 4 is 21.9 Å². The van der Waals surface area contributed by atoms with Gasteiger partial charge in [0.2, 0.25) is 5.89 Å². The molecule has 0 saturated heterocycles. The molecule has 0 bridgehead atoms. The number of hydrogen-bond donors (Lipinski definition) is 1. The number of hydrogen-bond acceptors (Lipinski definition) is 7. The Bertz CT molecular complexity index is 1550. The van der Waals surface area contributed by atoms with Crippen LogP contribution in [0.2, 0.25) is 0 Å². The molecule has 0 aliphatic rings. The summed E-state index contributed by atoms with van der Waals surface area (Å²) in [5.41, 5.74) is 5.02. The standard InChI is InChI=1S/C31H35N3O6S/c1-5-38-30(35)21-34(41(36,37)33-27-14-8-23(3)9-15-27)20-25-10-16-28(17-11-25)39-19-18-29-24(4)40-31(32-29)26-12-6-22(2)7-13-26/h6-17,33H,5,18-21H2,1-4H3. The smallest absolute Gasteiger partial charge is 0.321 e. The predicted molar refractivity (Wildman–Crippen MR) is 158 cm³/mol. The Balaban J connectivity index is 1.37. The second-order valence-corrected chi connectivity index (χ2v) is 11.3. The van der Waals surface area contributed by atoms with Crippen LogP contribution in [0, 0.1) is 20.8 Å². The number of nitrogens with zero attached hydrogens (tertiary/aromatic N) is 2. The van der Waals surface area contributed by atoms with E-state index in [2.05, 4.69) is 9.71 Å². The molecule has 0 fully saturated rings. The molecule has 1 aromatic heterocycles. The molecule has 216 valence electrons. The fourth-order valence-electron chi connectivity index (χ4n) is 4.05. The predicted octanol–water partition coefficient (Wildman–Crippen LogP) is 5.61. The Morgan fingerprint density at radius 3 is 2.20 bits per heavy atom. The van der Waals surface area contributed by atoms with Crippen LogP contribution in [0.5, 0.6) is 5.75 Å². The van der Waals surface area contributed by atoms with Crippen molar-refractivity contribution < 1.29 is 27.1 Å². The molecule has 0 atom stereocenters. The highest BCUT2D eigenvalue weighted by atomic mass is 32.2. The Kier molecular flexibility index (Phi) is 9.80. The number of esters is 1. The van der Waals surface area contributed by atoms with Crippen molar-refractivity contribution in [2.24, 2.45) is 0 Å². The highest BCUT2D eigenvalue weighted by Crippen LogP contribution is 2.23. The summed E-state index contributed by atoms with van der Waals surface area (Å²) in [7, 11) is -4.04. The van der Waals surface area contributed by atoms with E-state index in [0.717, 1.165) is 26.9 Å². The lowest BCUT2D eigenvalue weighted by molar-refractivity contribution is -0.143. The van der Waals surface area contributed by atoms with Crippen LogP contribution in [-0.4, -0.2) is 43.4 Å². The lowest BCUT2D eigenvalue weighted by atomic mass is 10.1. The van der Waals surface area contributed by atoms with Crippen LogP contribution in [-0.2, 0) is 32.7 Å². The average Bonchev–Trinajstić information content (AvgIpc) is 3.31. The zero-order valence-corrected chi connectivity index (χ0v) is 24.5. The summed E-state index contributed by atoms with van der Waals surface area (Å²) in [5.74, 6) is 1.34. The zero-order chi connectivity index (χ0) is 29.4. The lowest BCUT2D eigenvalue weighted by Gasteiger charge is -2.22. The lowest BCUT2D eigenvalue weighted by Crippen LogP contribution is -2.39. The summed E-state index contributed by atoms with van der Waals surface area (Å²) in [6.45, 7) is 7.61. The van der Waals surface area contributed by atoms with Gasteiger partial charge < -0.3 is 13.9 Å². The van der Waals surface area contributed by atoms with E-state index in [1.54, 1.807) is 55.5 Å².